The van der Waals surface area contributed by atoms with E-state index in [1.54, 1.807) is 0 Å². The zero-order chi connectivity index (χ0) is 14.7. The quantitative estimate of drug-likeness (QED) is 0.840. The minimum atomic E-state index is -0.817. The van der Waals surface area contributed by atoms with Crippen LogP contribution in [0.5, 0.6) is 0 Å². The molecule has 0 saturated heterocycles. The zero-order valence-electron chi connectivity index (χ0n) is 10.6. The third-order valence-corrected chi connectivity index (χ3v) is 3.90. The smallest absolute Gasteiger partial charge is 0.306 e. The Kier molecular flexibility index (Phi) is 4.83. The SMILES string of the molecule is O=C(NC1CCCC(C(=O)O)C1)c1nc(Cl)ccc1Cl. The van der Waals surface area contributed by atoms with Gasteiger partial charge in [-0.05, 0) is 31.4 Å². The fourth-order valence-corrected chi connectivity index (χ4v) is 2.72. The average Bonchev–Trinajstić information content (AvgIpc) is 2.41. The van der Waals surface area contributed by atoms with Gasteiger partial charge in [0.05, 0.1) is 10.9 Å². The van der Waals surface area contributed by atoms with Gasteiger partial charge >= 0.3 is 5.97 Å². The number of halogens is 2. The fraction of sp³-hybridized carbons (Fsp3) is 0.462. The lowest BCUT2D eigenvalue weighted by atomic mass is 9.86. The summed E-state index contributed by atoms with van der Waals surface area (Å²) in [5.74, 6) is -1.65. The second-order valence-electron chi connectivity index (χ2n) is 4.84. The maximum atomic E-state index is 12.1. The van der Waals surface area contributed by atoms with E-state index in [0.717, 1.165) is 12.8 Å². The van der Waals surface area contributed by atoms with Crippen LogP contribution in [-0.2, 0) is 4.79 Å². The Hall–Kier alpha value is -1.33. The summed E-state index contributed by atoms with van der Waals surface area (Å²) in [6.07, 6.45) is 2.61. The standard InChI is InChI=1S/C13H14Cl2N2O3/c14-9-4-5-10(15)17-11(9)12(18)16-8-3-1-2-7(6-8)13(19)20/h4-5,7-8H,1-3,6H2,(H,16,18)(H,19,20). The summed E-state index contributed by atoms with van der Waals surface area (Å²) in [4.78, 5) is 27.0. The molecule has 0 bridgehead atoms. The molecule has 1 fully saturated rings. The summed E-state index contributed by atoms with van der Waals surface area (Å²) in [7, 11) is 0. The maximum absolute atomic E-state index is 12.1. The van der Waals surface area contributed by atoms with Crippen molar-refractivity contribution in [2.75, 3.05) is 0 Å². The van der Waals surface area contributed by atoms with Gasteiger partial charge in [0.2, 0.25) is 0 Å². The zero-order valence-corrected chi connectivity index (χ0v) is 12.1. The average molecular weight is 317 g/mol. The van der Waals surface area contributed by atoms with Gasteiger partial charge in [-0.3, -0.25) is 9.59 Å². The molecule has 1 aromatic heterocycles. The predicted octanol–water partition coefficient (Wildman–Crippen LogP) is 2.76. The largest absolute Gasteiger partial charge is 0.481 e. The van der Waals surface area contributed by atoms with Crippen LogP contribution in [0.3, 0.4) is 0 Å². The topological polar surface area (TPSA) is 79.3 Å². The van der Waals surface area contributed by atoms with Gasteiger partial charge in [-0.15, -0.1) is 0 Å². The molecule has 1 heterocycles. The Morgan fingerprint density at radius 3 is 2.75 bits per heavy atom. The molecule has 1 saturated carbocycles. The Bertz CT molecular complexity index is 536. The van der Waals surface area contributed by atoms with E-state index in [0.29, 0.717) is 12.8 Å². The normalized spacial score (nSPS) is 22.3. The van der Waals surface area contributed by atoms with Gasteiger partial charge in [0.25, 0.3) is 5.91 Å². The van der Waals surface area contributed by atoms with Crippen molar-refractivity contribution in [3.8, 4) is 0 Å². The molecule has 7 heteroatoms. The van der Waals surface area contributed by atoms with Crippen LogP contribution in [0.4, 0.5) is 0 Å². The van der Waals surface area contributed by atoms with Gasteiger partial charge < -0.3 is 10.4 Å². The molecular weight excluding hydrogens is 303 g/mol. The van der Waals surface area contributed by atoms with Crippen LogP contribution >= 0.6 is 23.2 Å². The van der Waals surface area contributed by atoms with E-state index < -0.39 is 17.8 Å². The van der Waals surface area contributed by atoms with E-state index in [2.05, 4.69) is 10.3 Å². The van der Waals surface area contributed by atoms with E-state index in [-0.39, 0.29) is 21.9 Å². The highest BCUT2D eigenvalue weighted by molar-refractivity contribution is 6.34. The first-order valence-electron chi connectivity index (χ1n) is 6.33. The van der Waals surface area contributed by atoms with Crippen molar-refractivity contribution in [1.82, 2.24) is 10.3 Å². The van der Waals surface area contributed by atoms with Crippen LogP contribution in [0, 0.1) is 5.92 Å². The number of aliphatic carboxylic acids is 1. The van der Waals surface area contributed by atoms with Crippen molar-refractivity contribution >= 4 is 35.1 Å². The summed E-state index contributed by atoms with van der Waals surface area (Å²) in [5.41, 5.74) is 0.0663. The van der Waals surface area contributed by atoms with Crippen LogP contribution in [0.25, 0.3) is 0 Å². The molecule has 0 aromatic carbocycles. The lowest BCUT2D eigenvalue weighted by molar-refractivity contribution is -0.143. The molecule has 1 amide bonds. The molecule has 20 heavy (non-hydrogen) atoms. The number of carbonyl (C=O) groups excluding carboxylic acids is 1. The number of hydrogen-bond donors (Lipinski definition) is 2. The van der Waals surface area contributed by atoms with Crippen LogP contribution < -0.4 is 5.32 Å². The maximum Gasteiger partial charge on any atom is 0.306 e. The molecule has 0 radical (unpaired) electrons. The van der Waals surface area contributed by atoms with Crippen molar-refractivity contribution < 1.29 is 14.7 Å². The van der Waals surface area contributed by atoms with Crippen molar-refractivity contribution in [3.63, 3.8) is 0 Å². The van der Waals surface area contributed by atoms with Crippen molar-refractivity contribution in [2.24, 2.45) is 5.92 Å². The van der Waals surface area contributed by atoms with Gasteiger partial charge in [0.1, 0.15) is 10.8 Å². The Labute approximate surface area is 126 Å². The minimum absolute atomic E-state index is 0.0663. The highest BCUT2D eigenvalue weighted by atomic mass is 35.5. The number of hydrogen-bond acceptors (Lipinski definition) is 3. The molecule has 2 atom stereocenters. The molecule has 0 aliphatic heterocycles. The second kappa shape index (κ2) is 6.41. The summed E-state index contributed by atoms with van der Waals surface area (Å²) in [6, 6.07) is 2.84. The van der Waals surface area contributed by atoms with Gasteiger partial charge in [-0.1, -0.05) is 29.6 Å². The summed E-state index contributed by atoms with van der Waals surface area (Å²) >= 11 is 11.7. The van der Waals surface area contributed by atoms with Crippen LogP contribution in [0.2, 0.25) is 10.2 Å². The van der Waals surface area contributed by atoms with Gasteiger partial charge in [-0.25, -0.2) is 4.98 Å². The number of carboxylic acids is 1. The van der Waals surface area contributed by atoms with Crippen LogP contribution in [0.1, 0.15) is 36.2 Å². The van der Waals surface area contributed by atoms with Crippen LogP contribution in [0.15, 0.2) is 12.1 Å². The monoisotopic (exact) mass is 316 g/mol. The van der Waals surface area contributed by atoms with E-state index in [1.165, 1.54) is 12.1 Å². The van der Waals surface area contributed by atoms with E-state index in [4.69, 9.17) is 28.3 Å². The Morgan fingerprint density at radius 1 is 1.30 bits per heavy atom. The molecule has 108 valence electrons. The third kappa shape index (κ3) is 3.61. The van der Waals surface area contributed by atoms with Crippen molar-refractivity contribution in [1.29, 1.82) is 0 Å². The molecule has 2 N–H and O–H groups in total. The first kappa shape index (κ1) is 15.1. The molecule has 2 rings (SSSR count). The Balaban J connectivity index is 2.04. The van der Waals surface area contributed by atoms with Gasteiger partial charge in [-0.2, -0.15) is 0 Å². The first-order chi connectivity index (χ1) is 9.47. The third-order valence-electron chi connectivity index (χ3n) is 3.39. The van der Waals surface area contributed by atoms with Crippen LogP contribution in [-0.4, -0.2) is 28.0 Å². The van der Waals surface area contributed by atoms with E-state index in [9.17, 15) is 9.59 Å². The number of nitrogens with zero attached hydrogens (tertiary/aromatic N) is 1. The van der Waals surface area contributed by atoms with E-state index in [1.807, 2.05) is 0 Å². The molecule has 0 spiro atoms. The number of carboxylic acid groups (broad SMARTS) is 1. The van der Waals surface area contributed by atoms with Gasteiger partial charge in [0, 0.05) is 6.04 Å². The van der Waals surface area contributed by atoms with E-state index >= 15 is 0 Å². The van der Waals surface area contributed by atoms with Crippen molar-refractivity contribution in [3.05, 3.63) is 28.0 Å². The number of amides is 1. The molecule has 1 aromatic rings. The summed E-state index contributed by atoms with van der Waals surface area (Å²) < 4.78 is 0. The molecule has 2 unspecified atom stereocenters. The Morgan fingerprint density at radius 2 is 2.05 bits per heavy atom. The fourth-order valence-electron chi connectivity index (χ4n) is 2.38. The lowest BCUT2D eigenvalue weighted by Crippen LogP contribution is -2.40. The van der Waals surface area contributed by atoms with Gasteiger partial charge in [0.15, 0.2) is 0 Å². The summed E-state index contributed by atoms with van der Waals surface area (Å²) in [5, 5.41) is 12.2. The first-order valence-corrected chi connectivity index (χ1v) is 7.08. The number of rotatable bonds is 3. The molecule has 5 nitrogen and oxygen atoms in total. The molecule has 1 aliphatic carbocycles. The predicted molar refractivity (Wildman–Crippen MR) is 75.1 cm³/mol. The number of pyridine rings is 1. The number of nitrogens with one attached hydrogen (secondary N) is 1. The highest BCUT2D eigenvalue weighted by Crippen LogP contribution is 2.25. The van der Waals surface area contributed by atoms with Crippen molar-refractivity contribution in [2.45, 2.75) is 31.7 Å². The summed E-state index contributed by atoms with van der Waals surface area (Å²) in [6.45, 7) is 0. The molecular formula is C13H14Cl2N2O3. The lowest BCUT2D eigenvalue weighted by Gasteiger charge is -2.27. The highest BCUT2D eigenvalue weighted by Gasteiger charge is 2.28. The molecule has 1 aliphatic rings. The second-order valence-corrected chi connectivity index (χ2v) is 5.63. The minimum Gasteiger partial charge on any atom is -0.481 e. The number of carbonyl (C=O) groups is 2. The number of aromatic nitrogens is 1.